The van der Waals surface area contributed by atoms with Crippen LogP contribution in [0.5, 0.6) is 0 Å². The van der Waals surface area contributed by atoms with Crippen molar-refractivity contribution < 1.29 is 4.39 Å². The van der Waals surface area contributed by atoms with E-state index >= 15 is 0 Å². The van der Waals surface area contributed by atoms with Crippen LogP contribution in [0, 0.1) is 31.0 Å². The molecule has 0 bridgehead atoms. The molecule has 0 unspecified atom stereocenters. The smallest absolute Gasteiger partial charge is 0.123 e. The fraction of sp³-hybridized carbons (Fsp3) is 0.120. The molecule has 142 valence electrons. The lowest BCUT2D eigenvalue weighted by atomic mass is 10.0. The molecule has 3 nitrogen and oxygen atoms in total. The summed E-state index contributed by atoms with van der Waals surface area (Å²) in [5.74, 6) is -0.240. The molecule has 0 aliphatic heterocycles. The zero-order valence-corrected chi connectivity index (χ0v) is 16.4. The first-order valence-electron chi connectivity index (χ1n) is 9.42. The Bertz CT molecular complexity index is 1240. The minimum atomic E-state index is -0.240. The van der Waals surface area contributed by atoms with E-state index in [0.29, 0.717) is 12.1 Å². The van der Waals surface area contributed by atoms with Crippen molar-refractivity contribution in [1.29, 1.82) is 5.26 Å². The van der Waals surface area contributed by atoms with Crippen molar-refractivity contribution in [3.05, 3.63) is 101 Å². The summed E-state index contributed by atoms with van der Waals surface area (Å²) in [7, 11) is 0. The quantitative estimate of drug-likeness (QED) is 0.413. The molecule has 4 rings (SSSR count). The Morgan fingerprint density at radius 2 is 1.90 bits per heavy atom. The average Bonchev–Trinajstić information content (AvgIpc) is 3.05. The molecule has 0 amide bonds. The molecule has 0 aliphatic rings. The first kappa shape index (κ1) is 18.6. The summed E-state index contributed by atoms with van der Waals surface area (Å²) in [5.41, 5.74) is 6.51. The van der Waals surface area contributed by atoms with E-state index in [-0.39, 0.29) is 5.82 Å². The average molecular weight is 381 g/mol. The van der Waals surface area contributed by atoms with Gasteiger partial charge in [0.05, 0.1) is 11.6 Å². The molecule has 4 aromatic rings. The van der Waals surface area contributed by atoms with Gasteiger partial charge in [-0.2, -0.15) is 5.26 Å². The number of fused-ring (bicyclic) bond motifs is 1. The van der Waals surface area contributed by atoms with Crippen LogP contribution in [0.2, 0.25) is 0 Å². The summed E-state index contributed by atoms with van der Waals surface area (Å²) in [6.07, 6.45) is 5.68. The van der Waals surface area contributed by atoms with Crippen LogP contribution in [0.4, 0.5) is 4.39 Å². The monoisotopic (exact) mass is 381 g/mol. The van der Waals surface area contributed by atoms with Crippen molar-refractivity contribution in [3.8, 4) is 6.07 Å². The molecular formula is C25H20FN3. The number of nitrogens with zero attached hydrogens (tertiary/aromatic N) is 3. The Balaban J connectivity index is 1.81. The zero-order valence-electron chi connectivity index (χ0n) is 16.4. The van der Waals surface area contributed by atoms with Crippen LogP contribution in [-0.2, 0) is 6.54 Å². The molecule has 0 radical (unpaired) electrons. The largest absolute Gasteiger partial charge is 0.342 e. The summed E-state index contributed by atoms with van der Waals surface area (Å²) in [6.45, 7) is 4.61. The van der Waals surface area contributed by atoms with Crippen molar-refractivity contribution >= 4 is 22.6 Å². The fourth-order valence-electron chi connectivity index (χ4n) is 3.43. The van der Waals surface area contributed by atoms with Crippen molar-refractivity contribution in [2.75, 3.05) is 0 Å². The first-order valence-corrected chi connectivity index (χ1v) is 9.42. The van der Waals surface area contributed by atoms with Crippen molar-refractivity contribution in [1.82, 2.24) is 9.55 Å². The van der Waals surface area contributed by atoms with Gasteiger partial charge in [0.25, 0.3) is 0 Å². The molecule has 29 heavy (non-hydrogen) atoms. The van der Waals surface area contributed by atoms with Crippen LogP contribution in [0.25, 0.3) is 22.6 Å². The van der Waals surface area contributed by atoms with E-state index in [1.54, 1.807) is 18.3 Å². The topological polar surface area (TPSA) is 41.6 Å². The number of nitriles is 1. The van der Waals surface area contributed by atoms with Gasteiger partial charge in [0.15, 0.2) is 0 Å². The molecule has 2 aromatic heterocycles. The van der Waals surface area contributed by atoms with Crippen LogP contribution in [0.3, 0.4) is 0 Å². The van der Waals surface area contributed by atoms with Crippen LogP contribution in [-0.4, -0.2) is 9.55 Å². The summed E-state index contributed by atoms with van der Waals surface area (Å²) in [4.78, 5) is 4.30. The van der Waals surface area contributed by atoms with Crippen molar-refractivity contribution in [3.63, 3.8) is 0 Å². The van der Waals surface area contributed by atoms with Crippen molar-refractivity contribution in [2.45, 2.75) is 20.4 Å². The third kappa shape index (κ3) is 3.95. The highest BCUT2D eigenvalue weighted by atomic mass is 19.1. The Labute approximate surface area is 169 Å². The number of pyridine rings is 1. The van der Waals surface area contributed by atoms with Gasteiger partial charge >= 0.3 is 0 Å². The number of aryl methyl sites for hydroxylation is 2. The van der Waals surface area contributed by atoms with E-state index in [9.17, 15) is 9.65 Å². The minimum absolute atomic E-state index is 0.240. The van der Waals surface area contributed by atoms with Crippen molar-refractivity contribution in [2.24, 2.45) is 0 Å². The van der Waals surface area contributed by atoms with Gasteiger partial charge in [-0.3, -0.25) is 4.98 Å². The molecule has 0 fully saturated rings. The molecule has 0 atom stereocenters. The van der Waals surface area contributed by atoms with Gasteiger partial charge in [-0.1, -0.05) is 30.3 Å². The summed E-state index contributed by atoms with van der Waals surface area (Å²) >= 11 is 0. The Morgan fingerprint density at radius 3 is 2.59 bits per heavy atom. The Hall–Kier alpha value is -3.71. The van der Waals surface area contributed by atoms with Gasteiger partial charge in [-0.25, -0.2) is 4.39 Å². The highest BCUT2D eigenvalue weighted by Crippen LogP contribution is 2.27. The number of halogens is 1. The number of hydrogen-bond acceptors (Lipinski definition) is 2. The molecule has 0 aliphatic carbocycles. The summed E-state index contributed by atoms with van der Waals surface area (Å²) in [5, 5.41) is 10.8. The molecule has 2 aromatic carbocycles. The van der Waals surface area contributed by atoms with Crippen LogP contribution < -0.4 is 0 Å². The first-order chi connectivity index (χ1) is 14.0. The van der Waals surface area contributed by atoms with E-state index < -0.39 is 0 Å². The van der Waals surface area contributed by atoms with E-state index in [1.807, 2.05) is 31.3 Å². The van der Waals surface area contributed by atoms with Gasteiger partial charge in [0, 0.05) is 46.7 Å². The molecule has 4 heteroatoms. The predicted octanol–water partition coefficient (Wildman–Crippen LogP) is 5.90. The molecule has 0 N–H and O–H groups in total. The van der Waals surface area contributed by atoms with E-state index in [4.69, 9.17) is 0 Å². The summed E-state index contributed by atoms with van der Waals surface area (Å²) in [6, 6.07) is 19.0. The van der Waals surface area contributed by atoms with E-state index in [2.05, 4.69) is 40.7 Å². The van der Waals surface area contributed by atoms with E-state index in [0.717, 1.165) is 38.9 Å². The molecule has 0 spiro atoms. The number of hydrogen-bond donors (Lipinski definition) is 0. The van der Waals surface area contributed by atoms with E-state index in [1.165, 1.54) is 12.1 Å². The molecule has 0 saturated carbocycles. The van der Waals surface area contributed by atoms with Crippen LogP contribution in [0.15, 0.2) is 67.0 Å². The predicted molar refractivity (Wildman–Crippen MR) is 115 cm³/mol. The zero-order chi connectivity index (χ0) is 20.4. The normalized spacial score (nSPS) is 11.6. The highest BCUT2D eigenvalue weighted by molar-refractivity contribution is 5.98. The lowest BCUT2D eigenvalue weighted by Crippen LogP contribution is -1.98. The third-order valence-corrected chi connectivity index (χ3v) is 4.98. The number of rotatable bonds is 4. The number of allylic oxidation sites excluding steroid dienone is 1. The second-order valence-corrected chi connectivity index (χ2v) is 7.22. The standard InChI is InChI=1S/C25H20FN3/c1-17-3-10-24-22(12-21(13-27)20-7-4-18(2)28-14-20)16-29(25(24)11-17)15-19-5-8-23(26)9-6-19/h3-12,14,16H,15H2,1-2H3/b21-12+. The lowest BCUT2D eigenvalue weighted by molar-refractivity contribution is 0.626. The van der Waals surface area contributed by atoms with Crippen LogP contribution >= 0.6 is 0 Å². The van der Waals surface area contributed by atoms with Crippen LogP contribution in [0.1, 0.15) is 27.9 Å². The van der Waals surface area contributed by atoms with Gasteiger partial charge in [-0.05, 0) is 55.3 Å². The summed E-state index contributed by atoms with van der Waals surface area (Å²) < 4.78 is 15.4. The Morgan fingerprint density at radius 1 is 1.10 bits per heavy atom. The Kier molecular flexibility index (Phi) is 4.97. The lowest BCUT2D eigenvalue weighted by Gasteiger charge is -2.06. The number of aromatic nitrogens is 2. The highest BCUT2D eigenvalue weighted by Gasteiger charge is 2.10. The SMILES string of the molecule is Cc1ccc2c(/C=C(\C#N)c3ccc(C)nc3)cn(Cc3ccc(F)cc3)c2c1. The third-order valence-electron chi connectivity index (χ3n) is 4.98. The second-order valence-electron chi connectivity index (χ2n) is 7.22. The maximum absolute atomic E-state index is 13.3. The van der Waals surface area contributed by atoms with Gasteiger partial charge < -0.3 is 4.57 Å². The second kappa shape index (κ2) is 7.73. The maximum Gasteiger partial charge on any atom is 0.123 e. The molecule has 0 saturated heterocycles. The van der Waals surface area contributed by atoms with Gasteiger partial charge in [0.1, 0.15) is 5.82 Å². The molecular weight excluding hydrogens is 361 g/mol. The maximum atomic E-state index is 13.3. The van der Waals surface area contributed by atoms with Gasteiger partial charge in [0.2, 0.25) is 0 Å². The van der Waals surface area contributed by atoms with Gasteiger partial charge in [-0.15, -0.1) is 0 Å². The fourth-order valence-corrected chi connectivity index (χ4v) is 3.43. The minimum Gasteiger partial charge on any atom is -0.342 e. The number of benzene rings is 2. The molecule has 2 heterocycles.